The van der Waals surface area contributed by atoms with Crippen LogP contribution in [0.5, 0.6) is 11.5 Å². The minimum Gasteiger partial charge on any atom is -0.504 e. The van der Waals surface area contributed by atoms with Crippen molar-refractivity contribution in [2.45, 2.75) is 19.4 Å². The topological polar surface area (TPSA) is 80.4 Å². The molecule has 2 heterocycles. The standard InChI is InChI=1S/C14H17N3O3/c1-20-12-4-3-10(6-11(12)19)14-16-15-13-5-2-9(8-18)7-17(13)14/h3-4,6,9,18-19H,2,5,7-8H2,1H3. The van der Waals surface area contributed by atoms with E-state index in [4.69, 9.17) is 4.74 Å². The highest BCUT2D eigenvalue weighted by atomic mass is 16.5. The number of ether oxygens (including phenoxy) is 1. The van der Waals surface area contributed by atoms with Crippen molar-refractivity contribution in [3.05, 3.63) is 24.0 Å². The molecule has 2 N–H and O–H groups in total. The summed E-state index contributed by atoms with van der Waals surface area (Å²) in [6, 6.07) is 5.18. The molecule has 0 spiro atoms. The highest BCUT2D eigenvalue weighted by Crippen LogP contribution is 2.32. The van der Waals surface area contributed by atoms with Gasteiger partial charge in [-0.25, -0.2) is 0 Å². The molecule has 3 rings (SSSR count). The Kier molecular flexibility index (Phi) is 3.31. The zero-order valence-corrected chi connectivity index (χ0v) is 11.3. The van der Waals surface area contributed by atoms with Gasteiger partial charge in [-0.1, -0.05) is 0 Å². The van der Waals surface area contributed by atoms with Crippen LogP contribution in [0.4, 0.5) is 0 Å². The lowest BCUT2D eigenvalue weighted by Crippen LogP contribution is -2.23. The molecule has 0 saturated heterocycles. The van der Waals surface area contributed by atoms with Crippen LogP contribution in [0.15, 0.2) is 18.2 Å². The molecule has 1 atom stereocenters. The Morgan fingerprint density at radius 3 is 2.95 bits per heavy atom. The van der Waals surface area contributed by atoms with Gasteiger partial charge in [0.05, 0.1) is 7.11 Å². The molecular formula is C14H17N3O3. The molecule has 1 aromatic carbocycles. The molecule has 6 nitrogen and oxygen atoms in total. The molecule has 1 aromatic heterocycles. The average Bonchev–Trinajstić information content (AvgIpc) is 2.89. The Bertz CT molecular complexity index is 624. The summed E-state index contributed by atoms with van der Waals surface area (Å²) >= 11 is 0. The molecule has 0 aliphatic carbocycles. The first-order chi connectivity index (χ1) is 9.72. The Morgan fingerprint density at radius 2 is 2.25 bits per heavy atom. The third-order valence-electron chi connectivity index (χ3n) is 3.74. The second kappa shape index (κ2) is 5.13. The zero-order valence-electron chi connectivity index (χ0n) is 11.3. The number of rotatable bonds is 3. The number of aliphatic hydroxyl groups is 1. The summed E-state index contributed by atoms with van der Waals surface area (Å²) < 4.78 is 7.06. The molecule has 0 amide bonds. The summed E-state index contributed by atoms with van der Waals surface area (Å²) in [5, 5.41) is 27.6. The van der Waals surface area contributed by atoms with Crippen LogP contribution in [0.25, 0.3) is 11.4 Å². The van der Waals surface area contributed by atoms with Crippen LogP contribution in [0, 0.1) is 5.92 Å². The lowest BCUT2D eigenvalue weighted by molar-refractivity contribution is 0.191. The highest BCUT2D eigenvalue weighted by molar-refractivity contribution is 5.61. The van der Waals surface area contributed by atoms with E-state index in [9.17, 15) is 10.2 Å². The monoisotopic (exact) mass is 275 g/mol. The Balaban J connectivity index is 1.99. The van der Waals surface area contributed by atoms with Crippen molar-refractivity contribution in [3.8, 4) is 22.9 Å². The van der Waals surface area contributed by atoms with Gasteiger partial charge in [0.25, 0.3) is 0 Å². The number of hydrogen-bond donors (Lipinski definition) is 2. The van der Waals surface area contributed by atoms with Gasteiger partial charge in [-0.2, -0.15) is 0 Å². The fourth-order valence-electron chi connectivity index (χ4n) is 2.59. The lowest BCUT2D eigenvalue weighted by Gasteiger charge is -2.22. The molecular weight excluding hydrogens is 258 g/mol. The predicted octanol–water partition coefficient (Wildman–Crippen LogP) is 1.21. The summed E-state index contributed by atoms with van der Waals surface area (Å²) in [6.45, 7) is 0.881. The number of aromatic nitrogens is 3. The number of aromatic hydroxyl groups is 1. The van der Waals surface area contributed by atoms with E-state index in [-0.39, 0.29) is 18.3 Å². The molecule has 1 unspecified atom stereocenters. The minimum atomic E-state index is 0.0804. The van der Waals surface area contributed by atoms with E-state index in [1.807, 2.05) is 10.6 Å². The van der Waals surface area contributed by atoms with Gasteiger partial charge >= 0.3 is 0 Å². The maximum Gasteiger partial charge on any atom is 0.164 e. The molecule has 2 aromatic rings. The SMILES string of the molecule is COc1ccc(-c2nnc3n2CC(CO)CC3)cc1O. The van der Waals surface area contributed by atoms with Gasteiger partial charge in [0.2, 0.25) is 0 Å². The van der Waals surface area contributed by atoms with Crippen molar-refractivity contribution >= 4 is 0 Å². The second-order valence-electron chi connectivity index (χ2n) is 5.02. The van der Waals surface area contributed by atoms with Crippen LogP contribution in [0.1, 0.15) is 12.2 Å². The van der Waals surface area contributed by atoms with Crippen LogP contribution in [0.3, 0.4) is 0 Å². The first-order valence-corrected chi connectivity index (χ1v) is 6.63. The van der Waals surface area contributed by atoms with Gasteiger partial charge in [-0.3, -0.25) is 0 Å². The van der Waals surface area contributed by atoms with Crippen LogP contribution < -0.4 is 4.74 Å². The molecule has 106 valence electrons. The van der Waals surface area contributed by atoms with E-state index in [1.54, 1.807) is 12.1 Å². The third kappa shape index (κ3) is 2.12. The van der Waals surface area contributed by atoms with Gasteiger partial charge in [0.15, 0.2) is 17.3 Å². The number of methoxy groups -OCH3 is 1. The molecule has 1 aliphatic heterocycles. The fraction of sp³-hybridized carbons (Fsp3) is 0.429. The Hall–Kier alpha value is -2.08. The van der Waals surface area contributed by atoms with Gasteiger partial charge in [-0.05, 0) is 24.6 Å². The normalized spacial score (nSPS) is 17.8. The maximum atomic E-state index is 9.87. The third-order valence-corrected chi connectivity index (χ3v) is 3.74. The largest absolute Gasteiger partial charge is 0.504 e. The van der Waals surface area contributed by atoms with Gasteiger partial charge in [0.1, 0.15) is 5.82 Å². The number of aryl methyl sites for hydroxylation is 1. The van der Waals surface area contributed by atoms with Crippen LogP contribution in [-0.4, -0.2) is 38.7 Å². The summed E-state index contributed by atoms with van der Waals surface area (Å²) in [5.41, 5.74) is 0.792. The number of phenols is 1. The van der Waals surface area contributed by atoms with Crippen molar-refractivity contribution < 1.29 is 14.9 Å². The van der Waals surface area contributed by atoms with Crippen LogP contribution >= 0.6 is 0 Å². The number of aliphatic hydroxyl groups excluding tert-OH is 1. The van der Waals surface area contributed by atoms with E-state index < -0.39 is 0 Å². The van der Waals surface area contributed by atoms with E-state index in [0.717, 1.165) is 30.1 Å². The van der Waals surface area contributed by atoms with Crippen LogP contribution in [-0.2, 0) is 13.0 Å². The van der Waals surface area contributed by atoms with Crippen molar-refractivity contribution in [1.29, 1.82) is 0 Å². The predicted molar refractivity (Wildman–Crippen MR) is 72.6 cm³/mol. The van der Waals surface area contributed by atoms with Gasteiger partial charge < -0.3 is 19.5 Å². The molecule has 6 heteroatoms. The Morgan fingerprint density at radius 1 is 1.40 bits per heavy atom. The Labute approximate surface area is 116 Å². The zero-order chi connectivity index (χ0) is 14.1. The number of phenolic OH excluding ortho intramolecular Hbond substituents is 1. The smallest absolute Gasteiger partial charge is 0.164 e. The number of fused-ring (bicyclic) bond motifs is 1. The van der Waals surface area contributed by atoms with E-state index in [0.29, 0.717) is 12.3 Å². The molecule has 0 bridgehead atoms. The van der Waals surface area contributed by atoms with Gasteiger partial charge in [0, 0.05) is 31.1 Å². The minimum absolute atomic E-state index is 0.0804. The highest BCUT2D eigenvalue weighted by Gasteiger charge is 2.23. The van der Waals surface area contributed by atoms with Crippen molar-refractivity contribution in [1.82, 2.24) is 14.8 Å². The van der Waals surface area contributed by atoms with Crippen molar-refractivity contribution in [3.63, 3.8) is 0 Å². The van der Waals surface area contributed by atoms with E-state index >= 15 is 0 Å². The molecule has 1 aliphatic rings. The first kappa shape index (κ1) is 12.9. The first-order valence-electron chi connectivity index (χ1n) is 6.63. The van der Waals surface area contributed by atoms with Crippen LogP contribution in [0.2, 0.25) is 0 Å². The number of benzene rings is 1. The molecule has 20 heavy (non-hydrogen) atoms. The summed E-state index contributed by atoms with van der Waals surface area (Å²) in [7, 11) is 1.51. The quantitative estimate of drug-likeness (QED) is 0.880. The molecule has 0 fully saturated rings. The summed E-state index contributed by atoms with van der Waals surface area (Å²) in [5.74, 6) is 2.40. The molecule has 0 radical (unpaired) electrons. The van der Waals surface area contributed by atoms with E-state index in [2.05, 4.69) is 10.2 Å². The van der Waals surface area contributed by atoms with E-state index in [1.165, 1.54) is 7.11 Å². The fourth-order valence-corrected chi connectivity index (χ4v) is 2.59. The van der Waals surface area contributed by atoms with Crippen molar-refractivity contribution in [2.75, 3.05) is 13.7 Å². The summed E-state index contributed by atoms with van der Waals surface area (Å²) in [6.07, 6.45) is 1.75. The number of nitrogens with zero attached hydrogens (tertiary/aromatic N) is 3. The average molecular weight is 275 g/mol. The summed E-state index contributed by atoms with van der Waals surface area (Å²) in [4.78, 5) is 0. The van der Waals surface area contributed by atoms with Crippen molar-refractivity contribution in [2.24, 2.45) is 5.92 Å². The maximum absolute atomic E-state index is 9.87. The van der Waals surface area contributed by atoms with Gasteiger partial charge in [-0.15, -0.1) is 10.2 Å². The second-order valence-corrected chi connectivity index (χ2v) is 5.02. The lowest BCUT2D eigenvalue weighted by atomic mass is 10.00. The number of hydrogen-bond acceptors (Lipinski definition) is 5. The molecule has 0 saturated carbocycles.